The largest absolute Gasteiger partial charge is 0.319 e. The summed E-state index contributed by atoms with van der Waals surface area (Å²) in [5, 5.41) is 4.93. The Balaban J connectivity index is 0.000000219. The van der Waals surface area contributed by atoms with Gasteiger partial charge in [0, 0.05) is 5.56 Å². The Kier molecular flexibility index (Phi) is 8.61. The van der Waals surface area contributed by atoms with E-state index >= 15 is 0 Å². The van der Waals surface area contributed by atoms with E-state index in [1.165, 1.54) is 38.2 Å². The van der Waals surface area contributed by atoms with Gasteiger partial charge in [-0.05, 0) is 80.8 Å². The molecule has 1 aromatic heterocycles. The second-order valence-corrected chi connectivity index (χ2v) is 11.4. The van der Waals surface area contributed by atoms with Gasteiger partial charge in [0.25, 0.3) is 0 Å². The van der Waals surface area contributed by atoms with Crippen LogP contribution in [-0.4, -0.2) is 4.98 Å². The number of hydrogen-bond donors (Lipinski definition) is 1. The number of nitrogens with two attached hydrogens (primary N) is 1. The third-order valence-electron chi connectivity index (χ3n) is 7.95. The fourth-order valence-electron chi connectivity index (χ4n) is 5.80. The summed E-state index contributed by atoms with van der Waals surface area (Å²) in [5.41, 5.74) is 15.0. The molecule has 1 unspecified atom stereocenters. The first-order valence-electron chi connectivity index (χ1n) is 14.6. The summed E-state index contributed by atoms with van der Waals surface area (Å²) in [4.78, 5) is 4.95. The molecule has 2 heteroatoms. The van der Waals surface area contributed by atoms with Crippen LogP contribution >= 0.6 is 0 Å². The lowest BCUT2D eigenvalue weighted by molar-refractivity contribution is 0.817. The Morgan fingerprint density at radius 1 is 0.561 bits per heavy atom. The summed E-state index contributed by atoms with van der Waals surface area (Å²) in [5.74, 6) is 1.28. The van der Waals surface area contributed by atoms with Crippen LogP contribution in [0.15, 0.2) is 121 Å². The molecular weight excluding hydrogens is 496 g/mol. The molecule has 5 aromatic carbocycles. The molecule has 0 aliphatic heterocycles. The molecule has 2 nitrogen and oxygen atoms in total. The average molecular weight is 537 g/mol. The minimum Gasteiger partial charge on any atom is -0.319 e. The van der Waals surface area contributed by atoms with E-state index in [2.05, 4.69) is 113 Å². The number of hydrogen-bond acceptors (Lipinski definition) is 2. The van der Waals surface area contributed by atoms with Crippen LogP contribution < -0.4 is 5.73 Å². The van der Waals surface area contributed by atoms with Crippen LogP contribution in [0.3, 0.4) is 0 Å². The first-order chi connectivity index (χ1) is 19.8. The molecule has 6 aromatic rings. The quantitative estimate of drug-likeness (QED) is 0.223. The van der Waals surface area contributed by atoms with Crippen molar-refractivity contribution >= 4 is 21.5 Å². The second kappa shape index (κ2) is 12.5. The highest BCUT2D eigenvalue weighted by Gasteiger charge is 2.14. The lowest BCUT2D eigenvalue weighted by Gasteiger charge is -2.16. The van der Waals surface area contributed by atoms with Crippen molar-refractivity contribution in [1.29, 1.82) is 0 Å². The van der Waals surface area contributed by atoms with Crippen molar-refractivity contribution in [2.75, 3.05) is 0 Å². The van der Waals surface area contributed by atoms with Crippen molar-refractivity contribution < 1.29 is 0 Å². The van der Waals surface area contributed by atoms with Gasteiger partial charge in [-0.15, -0.1) is 0 Å². The number of aromatic nitrogens is 1. The van der Waals surface area contributed by atoms with Gasteiger partial charge < -0.3 is 5.73 Å². The molecular formula is C39H40N2. The maximum absolute atomic E-state index is 6.50. The molecule has 0 aliphatic carbocycles. The zero-order chi connectivity index (χ0) is 28.9. The first-order valence-corrected chi connectivity index (χ1v) is 14.6. The van der Waals surface area contributed by atoms with E-state index in [1.807, 2.05) is 42.5 Å². The lowest BCUT2D eigenvalue weighted by atomic mass is 9.90. The maximum atomic E-state index is 6.50. The van der Waals surface area contributed by atoms with Crippen LogP contribution in [0.2, 0.25) is 0 Å². The van der Waals surface area contributed by atoms with Gasteiger partial charge in [0.2, 0.25) is 0 Å². The predicted molar refractivity (Wildman–Crippen MR) is 177 cm³/mol. The zero-order valence-electron chi connectivity index (χ0n) is 24.8. The third-order valence-corrected chi connectivity index (χ3v) is 7.95. The van der Waals surface area contributed by atoms with E-state index in [9.17, 15) is 0 Å². The smallest absolute Gasteiger partial charge is 0.0726 e. The summed E-state index contributed by atoms with van der Waals surface area (Å²) in [6.07, 6.45) is 0. The van der Waals surface area contributed by atoms with Crippen molar-refractivity contribution in [3.8, 4) is 11.3 Å². The molecule has 206 valence electrons. The Bertz CT molecular complexity index is 1740. The highest BCUT2D eigenvalue weighted by Crippen LogP contribution is 2.34. The van der Waals surface area contributed by atoms with E-state index in [0.29, 0.717) is 11.8 Å². The molecule has 1 atom stereocenters. The molecule has 1 heterocycles. The van der Waals surface area contributed by atoms with Gasteiger partial charge in [-0.1, -0.05) is 131 Å². The van der Waals surface area contributed by atoms with Gasteiger partial charge in [-0.2, -0.15) is 0 Å². The van der Waals surface area contributed by atoms with Gasteiger partial charge >= 0.3 is 0 Å². The standard InChI is InChI=1S/C26H20N2.C13H20/c27-26(18-9-2-1-3-10-18)25-16-8-15-24(28-25)23-17-19-11-4-5-12-20(19)21-13-6-7-14-22(21)23;1-9(2)12-7-6-8-13(10(3)4)11(12)5/h1-17,26H,27H2;6-10H,1-5H3. The average Bonchev–Trinajstić information content (AvgIpc) is 3.01. The fraction of sp³-hybridized carbons (Fsp3) is 0.205. The van der Waals surface area contributed by atoms with E-state index in [1.54, 1.807) is 0 Å². The topological polar surface area (TPSA) is 38.9 Å². The molecule has 0 bridgehead atoms. The van der Waals surface area contributed by atoms with Crippen molar-refractivity contribution in [3.63, 3.8) is 0 Å². The molecule has 0 radical (unpaired) electrons. The van der Waals surface area contributed by atoms with Crippen LogP contribution in [0.25, 0.3) is 32.8 Å². The van der Waals surface area contributed by atoms with Gasteiger partial charge in [0.1, 0.15) is 0 Å². The molecule has 0 aliphatic rings. The Hall–Kier alpha value is -4.27. The van der Waals surface area contributed by atoms with Crippen LogP contribution in [-0.2, 0) is 0 Å². The summed E-state index contributed by atoms with van der Waals surface area (Å²) < 4.78 is 0. The predicted octanol–water partition coefficient (Wildman–Crippen LogP) is 10.3. The molecule has 0 amide bonds. The summed E-state index contributed by atoms with van der Waals surface area (Å²) in [6.45, 7) is 11.3. The van der Waals surface area contributed by atoms with Crippen LogP contribution in [0.4, 0.5) is 0 Å². The van der Waals surface area contributed by atoms with Gasteiger partial charge in [-0.25, -0.2) is 0 Å². The molecule has 0 spiro atoms. The Morgan fingerprint density at radius 2 is 1.12 bits per heavy atom. The van der Waals surface area contributed by atoms with Crippen molar-refractivity contribution in [2.45, 2.75) is 52.5 Å². The van der Waals surface area contributed by atoms with Gasteiger partial charge in [0.15, 0.2) is 0 Å². The number of rotatable bonds is 5. The highest BCUT2D eigenvalue weighted by molar-refractivity contribution is 6.13. The minimum absolute atomic E-state index is 0.243. The van der Waals surface area contributed by atoms with Gasteiger partial charge in [-0.3, -0.25) is 4.98 Å². The summed E-state index contributed by atoms with van der Waals surface area (Å²) in [6, 6.07) is 41.9. The first kappa shape index (κ1) is 28.3. The third kappa shape index (κ3) is 6.09. The number of benzene rings is 5. The Labute approximate surface area is 244 Å². The van der Waals surface area contributed by atoms with Crippen LogP contribution in [0.5, 0.6) is 0 Å². The zero-order valence-corrected chi connectivity index (χ0v) is 24.8. The van der Waals surface area contributed by atoms with E-state index < -0.39 is 0 Å². The number of nitrogens with zero attached hydrogens (tertiary/aromatic N) is 1. The highest BCUT2D eigenvalue weighted by atomic mass is 14.8. The second-order valence-electron chi connectivity index (χ2n) is 11.4. The van der Waals surface area contributed by atoms with Gasteiger partial charge in [0.05, 0.1) is 17.4 Å². The van der Waals surface area contributed by atoms with E-state index in [4.69, 9.17) is 10.7 Å². The summed E-state index contributed by atoms with van der Waals surface area (Å²) in [7, 11) is 0. The molecule has 2 N–H and O–H groups in total. The number of pyridine rings is 1. The van der Waals surface area contributed by atoms with Crippen molar-refractivity contribution in [3.05, 3.63) is 149 Å². The van der Waals surface area contributed by atoms with Crippen LogP contribution in [0, 0.1) is 6.92 Å². The van der Waals surface area contributed by atoms with Crippen LogP contribution in [0.1, 0.15) is 73.5 Å². The van der Waals surface area contributed by atoms with Crippen molar-refractivity contribution in [2.24, 2.45) is 5.73 Å². The van der Waals surface area contributed by atoms with E-state index in [0.717, 1.165) is 22.5 Å². The Morgan fingerprint density at radius 3 is 1.78 bits per heavy atom. The number of fused-ring (bicyclic) bond motifs is 3. The summed E-state index contributed by atoms with van der Waals surface area (Å²) >= 11 is 0. The molecule has 0 fully saturated rings. The normalized spacial score (nSPS) is 12.0. The monoisotopic (exact) mass is 536 g/mol. The SMILES string of the molecule is Cc1c(C(C)C)cccc1C(C)C.NC(c1ccccc1)c1cccc(-c2cc3ccccc3c3ccccc23)n1. The van der Waals surface area contributed by atoms with Crippen molar-refractivity contribution in [1.82, 2.24) is 4.98 Å². The molecule has 0 saturated heterocycles. The maximum Gasteiger partial charge on any atom is 0.0726 e. The minimum atomic E-state index is -0.243. The lowest BCUT2D eigenvalue weighted by Crippen LogP contribution is -2.13. The molecule has 41 heavy (non-hydrogen) atoms. The fourth-order valence-corrected chi connectivity index (χ4v) is 5.80. The molecule has 6 rings (SSSR count). The molecule has 0 saturated carbocycles. The van der Waals surface area contributed by atoms with E-state index in [-0.39, 0.29) is 6.04 Å².